The molecule has 0 spiro atoms. The van der Waals surface area contributed by atoms with Gasteiger partial charge in [0.25, 0.3) is 5.56 Å². The lowest BCUT2D eigenvalue weighted by atomic mass is 9.77. The van der Waals surface area contributed by atoms with Crippen LogP contribution in [0.2, 0.25) is 0 Å². The highest BCUT2D eigenvalue weighted by molar-refractivity contribution is 5.88. The van der Waals surface area contributed by atoms with Crippen molar-refractivity contribution in [1.29, 1.82) is 0 Å². The summed E-state index contributed by atoms with van der Waals surface area (Å²) in [5.74, 6) is 1.91. The van der Waals surface area contributed by atoms with Gasteiger partial charge in [-0.3, -0.25) is 9.59 Å². The van der Waals surface area contributed by atoms with Gasteiger partial charge in [0, 0.05) is 19.0 Å². The van der Waals surface area contributed by atoms with Gasteiger partial charge in [-0.2, -0.15) is 5.10 Å². The van der Waals surface area contributed by atoms with Crippen molar-refractivity contribution in [2.75, 3.05) is 19.7 Å². The van der Waals surface area contributed by atoms with Crippen LogP contribution in [0.5, 0.6) is 0 Å². The fourth-order valence-corrected chi connectivity index (χ4v) is 5.08. The Morgan fingerprint density at radius 2 is 1.93 bits per heavy atom. The number of hydrogen-bond donors (Lipinski definition) is 2. The van der Waals surface area contributed by atoms with Gasteiger partial charge in [0.15, 0.2) is 0 Å². The number of benzene rings is 1. The van der Waals surface area contributed by atoms with E-state index < -0.39 is 0 Å². The summed E-state index contributed by atoms with van der Waals surface area (Å²) in [5.41, 5.74) is 0.493. The molecule has 2 N–H and O–H groups in total. The molecule has 1 aromatic carbocycles. The van der Waals surface area contributed by atoms with Crippen molar-refractivity contribution < 1.29 is 9.53 Å². The van der Waals surface area contributed by atoms with Crippen LogP contribution in [0.1, 0.15) is 31.4 Å². The molecule has 2 heterocycles. The van der Waals surface area contributed by atoms with Crippen molar-refractivity contribution in [3.63, 3.8) is 0 Å². The number of aryl methyl sites for hydroxylation is 1. The Morgan fingerprint density at radius 3 is 2.70 bits per heavy atom. The van der Waals surface area contributed by atoms with Gasteiger partial charge in [-0.05, 0) is 62.6 Å². The van der Waals surface area contributed by atoms with Gasteiger partial charge in [-0.25, -0.2) is 4.68 Å². The van der Waals surface area contributed by atoms with Gasteiger partial charge in [0.2, 0.25) is 5.91 Å². The molecule has 1 saturated heterocycles. The lowest BCUT2D eigenvalue weighted by Gasteiger charge is -2.38. The number of rotatable bonds is 6. The van der Waals surface area contributed by atoms with E-state index in [9.17, 15) is 9.59 Å². The summed E-state index contributed by atoms with van der Waals surface area (Å²) in [6.07, 6.45) is 4.75. The molecular weight excluding hydrogens is 380 g/mol. The maximum atomic E-state index is 13.0. The standard InChI is InChI=1S/C23H30N4O3/c1-27-23(29)18-5-3-2-4-17(18)19(26-27)10-22(28)25-20-8-15-11-24-12-16(15)9-21(20)30-13-14-6-7-14/h2-5,14-16,20-21,24H,6-13H2,1H3,(H,25,28)/t15-,16+,20-,21-/m0/s1. The van der Waals surface area contributed by atoms with Crippen molar-refractivity contribution in [3.8, 4) is 0 Å². The largest absolute Gasteiger partial charge is 0.376 e. The van der Waals surface area contributed by atoms with Crippen LogP contribution in [0.15, 0.2) is 29.1 Å². The zero-order valence-electron chi connectivity index (χ0n) is 17.5. The first-order valence-corrected chi connectivity index (χ1v) is 11.1. The first-order chi connectivity index (χ1) is 14.6. The normalized spacial score (nSPS) is 28.4. The van der Waals surface area contributed by atoms with Crippen LogP contribution in [0.3, 0.4) is 0 Å². The maximum absolute atomic E-state index is 13.0. The highest BCUT2D eigenvalue weighted by atomic mass is 16.5. The molecular formula is C23H30N4O3. The molecule has 160 valence electrons. The fraction of sp³-hybridized carbons (Fsp3) is 0.609. The maximum Gasteiger partial charge on any atom is 0.274 e. The number of carbonyl (C=O) groups is 1. The average Bonchev–Trinajstić information content (AvgIpc) is 3.46. The molecule has 7 nitrogen and oxygen atoms in total. The summed E-state index contributed by atoms with van der Waals surface area (Å²) < 4.78 is 7.60. The predicted octanol–water partition coefficient (Wildman–Crippen LogP) is 1.39. The minimum atomic E-state index is -0.143. The molecule has 2 aromatic rings. The van der Waals surface area contributed by atoms with Crippen LogP contribution < -0.4 is 16.2 Å². The first kappa shape index (κ1) is 19.7. The summed E-state index contributed by atoms with van der Waals surface area (Å²) in [6.45, 7) is 2.90. The number of amides is 1. The molecule has 0 radical (unpaired) electrons. The predicted molar refractivity (Wildman–Crippen MR) is 114 cm³/mol. The molecule has 5 rings (SSSR count). The van der Waals surface area contributed by atoms with Gasteiger partial charge in [0.1, 0.15) is 0 Å². The molecule has 3 aliphatic rings. The van der Waals surface area contributed by atoms with Crippen molar-refractivity contribution >= 4 is 16.7 Å². The van der Waals surface area contributed by atoms with Crippen LogP contribution in [0, 0.1) is 17.8 Å². The van der Waals surface area contributed by atoms with Crippen molar-refractivity contribution in [2.45, 2.75) is 44.2 Å². The Kier molecular flexibility index (Phi) is 5.33. The van der Waals surface area contributed by atoms with E-state index in [0.717, 1.165) is 37.9 Å². The quantitative estimate of drug-likeness (QED) is 0.752. The fourth-order valence-electron chi connectivity index (χ4n) is 5.08. The molecule has 0 unspecified atom stereocenters. The number of carbonyl (C=O) groups excluding carboxylic acids is 1. The highest BCUT2D eigenvalue weighted by Crippen LogP contribution is 2.36. The Balaban J connectivity index is 1.31. The number of fused-ring (bicyclic) bond motifs is 2. The third-order valence-electron chi connectivity index (χ3n) is 6.97. The first-order valence-electron chi connectivity index (χ1n) is 11.1. The summed E-state index contributed by atoms with van der Waals surface area (Å²) in [4.78, 5) is 25.3. The van der Waals surface area contributed by atoms with Gasteiger partial charge in [0.05, 0.1) is 29.6 Å². The number of nitrogens with zero attached hydrogens (tertiary/aromatic N) is 2. The molecule has 4 atom stereocenters. The molecule has 7 heteroatoms. The Morgan fingerprint density at radius 1 is 1.20 bits per heavy atom. The van der Waals surface area contributed by atoms with E-state index in [-0.39, 0.29) is 30.0 Å². The second kappa shape index (κ2) is 8.12. The van der Waals surface area contributed by atoms with Crippen LogP contribution in [-0.2, 0) is 23.0 Å². The van der Waals surface area contributed by atoms with Crippen LogP contribution in [0.25, 0.3) is 10.8 Å². The van der Waals surface area contributed by atoms with E-state index in [1.807, 2.05) is 18.2 Å². The van der Waals surface area contributed by atoms with E-state index in [1.54, 1.807) is 13.1 Å². The summed E-state index contributed by atoms with van der Waals surface area (Å²) in [7, 11) is 1.63. The second-order valence-electron chi connectivity index (χ2n) is 9.24. The lowest BCUT2D eigenvalue weighted by molar-refractivity contribution is -0.123. The monoisotopic (exact) mass is 410 g/mol. The number of nitrogens with one attached hydrogen (secondary N) is 2. The van der Waals surface area contributed by atoms with E-state index in [2.05, 4.69) is 15.7 Å². The van der Waals surface area contributed by atoms with E-state index in [0.29, 0.717) is 28.8 Å². The molecule has 2 aliphatic carbocycles. The number of hydrogen-bond acceptors (Lipinski definition) is 5. The second-order valence-corrected chi connectivity index (χ2v) is 9.24. The minimum Gasteiger partial charge on any atom is -0.376 e. The van der Waals surface area contributed by atoms with Gasteiger partial charge in [-0.15, -0.1) is 0 Å². The van der Waals surface area contributed by atoms with Gasteiger partial charge >= 0.3 is 0 Å². The average molecular weight is 411 g/mol. The van der Waals surface area contributed by atoms with Crippen molar-refractivity contribution in [2.24, 2.45) is 24.8 Å². The lowest BCUT2D eigenvalue weighted by Crippen LogP contribution is -2.51. The summed E-state index contributed by atoms with van der Waals surface area (Å²) in [6, 6.07) is 7.40. The molecule has 3 fully saturated rings. The van der Waals surface area contributed by atoms with Crippen LogP contribution >= 0.6 is 0 Å². The molecule has 1 amide bonds. The third-order valence-corrected chi connectivity index (χ3v) is 6.97. The topological polar surface area (TPSA) is 85.2 Å². The molecule has 0 bridgehead atoms. The summed E-state index contributed by atoms with van der Waals surface area (Å²) >= 11 is 0. The van der Waals surface area contributed by atoms with Crippen molar-refractivity contribution in [3.05, 3.63) is 40.3 Å². The Hall–Kier alpha value is -2.25. The minimum absolute atomic E-state index is 0.0381. The molecule has 30 heavy (non-hydrogen) atoms. The number of aromatic nitrogens is 2. The number of ether oxygens (including phenoxy) is 1. The molecule has 1 aromatic heterocycles. The zero-order chi connectivity index (χ0) is 20.7. The van der Waals surface area contributed by atoms with Crippen LogP contribution in [0.4, 0.5) is 0 Å². The SMILES string of the molecule is Cn1nc(CC(=O)N[C@H]2C[C@H]3CNC[C@H]3C[C@@H]2OCC2CC2)c2ccccc2c1=O. The smallest absolute Gasteiger partial charge is 0.274 e. The summed E-state index contributed by atoms with van der Waals surface area (Å²) in [5, 5.41) is 12.5. The van der Waals surface area contributed by atoms with E-state index in [1.165, 1.54) is 17.5 Å². The van der Waals surface area contributed by atoms with Crippen molar-refractivity contribution in [1.82, 2.24) is 20.4 Å². The Labute approximate surface area is 176 Å². The van der Waals surface area contributed by atoms with Crippen LogP contribution in [-0.4, -0.2) is 47.5 Å². The molecule has 1 aliphatic heterocycles. The Bertz CT molecular complexity index is 1000. The van der Waals surface area contributed by atoms with E-state index in [4.69, 9.17) is 4.74 Å². The van der Waals surface area contributed by atoms with E-state index >= 15 is 0 Å². The zero-order valence-corrected chi connectivity index (χ0v) is 17.5. The van der Waals surface area contributed by atoms with Gasteiger partial charge in [-0.1, -0.05) is 18.2 Å². The molecule has 2 saturated carbocycles. The van der Waals surface area contributed by atoms with Gasteiger partial charge < -0.3 is 15.4 Å². The highest BCUT2D eigenvalue weighted by Gasteiger charge is 2.41. The third kappa shape index (κ3) is 4.01.